The predicted molar refractivity (Wildman–Crippen MR) is 109 cm³/mol. The fourth-order valence-electron chi connectivity index (χ4n) is 3.46. The molecule has 2 aromatic rings. The Morgan fingerprint density at radius 2 is 1.45 bits per heavy atom. The van der Waals surface area contributed by atoms with Gasteiger partial charge >= 0.3 is 0 Å². The summed E-state index contributed by atoms with van der Waals surface area (Å²) < 4.78 is 72.8. The SMILES string of the molecule is CCCCCCOc1c2c(cc(S(=O)(=O)O)c1S(=O)(=O)O)C(=O)c1ccccc1C2=O. The van der Waals surface area contributed by atoms with Gasteiger partial charge in [-0.1, -0.05) is 50.5 Å². The summed E-state index contributed by atoms with van der Waals surface area (Å²) in [6.07, 6.45) is 2.94. The van der Waals surface area contributed by atoms with Crippen molar-refractivity contribution >= 4 is 31.8 Å². The van der Waals surface area contributed by atoms with Crippen molar-refractivity contribution in [1.29, 1.82) is 0 Å². The molecule has 166 valence electrons. The number of fused-ring (bicyclic) bond motifs is 2. The van der Waals surface area contributed by atoms with Crippen LogP contribution in [0.1, 0.15) is 64.4 Å². The second-order valence-electron chi connectivity index (χ2n) is 7.02. The average Bonchev–Trinajstić information content (AvgIpc) is 2.69. The molecule has 2 N–H and O–H groups in total. The van der Waals surface area contributed by atoms with Crippen LogP contribution in [0.5, 0.6) is 5.75 Å². The first-order valence-electron chi connectivity index (χ1n) is 9.45. The van der Waals surface area contributed by atoms with Gasteiger partial charge in [0.25, 0.3) is 20.2 Å². The van der Waals surface area contributed by atoms with Crippen molar-refractivity contribution in [3.8, 4) is 5.75 Å². The van der Waals surface area contributed by atoms with E-state index >= 15 is 0 Å². The number of benzene rings is 2. The maximum atomic E-state index is 13.1. The maximum Gasteiger partial charge on any atom is 0.299 e. The van der Waals surface area contributed by atoms with E-state index in [1.807, 2.05) is 6.92 Å². The Balaban J connectivity index is 2.32. The molecule has 1 aliphatic rings. The molecule has 1 aliphatic carbocycles. The standard InChI is InChI=1S/C20H20O9S2/c1-2-3-4-7-10-29-19-16-14(11-15(30(23,24)25)20(19)31(26,27)28)17(21)12-8-5-6-9-13(12)18(16)22/h5-6,8-9,11H,2-4,7,10H2,1H3,(H,23,24,25)(H,26,27,28). The van der Waals surface area contributed by atoms with Crippen molar-refractivity contribution < 1.29 is 40.3 Å². The Kier molecular flexibility index (Phi) is 6.33. The van der Waals surface area contributed by atoms with Crippen molar-refractivity contribution in [2.24, 2.45) is 0 Å². The van der Waals surface area contributed by atoms with Crippen LogP contribution >= 0.6 is 0 Å². The van der Waals surface area contributed by atoms with Gasteiger partial charge in [-0.25, -0.2) is 0 Å². The van der Waals surface area contributed by atoms with Crippen LogP contribution in [0.15, 0.2) is 40.1 Å². The number of carbonyl (C=O) groups is 2. The van der Waals surface area contributed by atoms with E-state index in [4.69, 9.17) is 4.74 Å². The van der Waals surface area contributed by atoms with Crippen LogP contribution in [0, 0.1) is 0 Å². The van der Waals surface area contributed by atoms with E-state index < -0.39 is 58.5 Å². The monoisotopic (exact) mass is 468 g/mol. The van der Waals surface area contributed by atoms with Crippen LogP contribution < -0.4 is 4.74 Å². The highest BCUT2D eigenvalue weighted by atomic mass is 32.2. The third kappa shape index (κ3) is 4.40. The molecule has 0 aliphatic heterocycles. The van der Waals surface area contributed by atoms with Crippen LogP contribution in [0.4, 0.5) is 0 Å². The van der Waals surface area contributed by atoms with E-state index in [0.717, 1.165) is 12.8 Å². The number of rotatable bonds is 8. The molecule has 0 atom stereocenters. The Morgan fingerprint density at radius 3 is 2.00 bits per heavy atom. The van der Waals surface area contributed by atoms with Crippen LogP contribution in [0.3, 0.4) is 0 Å². The fourth-order valence-corrected chi connectivity index (χ4v) is 5.39. The molecular formula is C20H20O9S2. The van der Waals surface area contributed by atoms with E-state index in [0.29, 0.717) is 18.9 Å². The molecule has 31 heavy (non-hydrogen) atoms. The van der Waals surface area contributed by atoms with Gasteiger partial charge < -0.3 is 4.74 Å². The lowest BCUT2D eigenvalue weighted by Gasteiger charge is -2.23. The number of unbranched alkanes of at least 4 members (excludes halogenated alkanes) is 3. The lowest BCUT2D eigenvalue weighted by Crippen LogP contribution is -2.25. The van der Waals surface area contributed by atoms with Crippen molar-refractivity contribution in [1.82, 2.24) is 0 Å². The highest BCUT2D eigenvalue weighted by molar-refractivity contribution is 7.89. The molecule has 0 amide bonds. The molecule has 0 bridgehead atoms. The zero-order valence-electron chi connectivity index (χ0n) is 16.5. The lowest BCUT2D eigenvalue weighted by molar-refractivity contribution is 0.0974. The number of ether oxygens (including phenoxy) is 1. The Morgan fingerprint density at radius 1 is 0.839 bits per heavy atom. The highest BCUT2D eigenvalue weighted by Crippen LogP contribution is 2.41. The van der Waals surface area contributed by atoms with Gasteiger partial charge in [0.2, 0.25) is 0 Å². The fraction of sp³-hybridized carbons (Fsp3) is 0.300. The minimum absolute atomic E-state index is 0.00482. The topological polar surface area (TPSA) is 152 Å². The molecule has 0 spiro atoms. The normalized spacial score (nSPS) is 13.6. The van der Waals surface area contributed by atoms with E-state index in [9.17, 15) is 35.5 Å². The minimum atomic E-state index is -5.27. The molecule has 0 saturated heterocycles. The van der Waals surface area contributed by atoms with E-state index in [2.05, 4.69) is 0 Å². The van der Waals surface area contributed by atoms with Crippen molar-refractivity contribution in [3.63, 3.8) is 0 Å². The van der Waals surface area contributed by atoms with Crippen LogP contribution in [0.25, 0.3) is 0 Å². The third-order valence-corrected chi connectivity index (χ3v) is 6.80. The summed E-state index contributed by atoms with van der Waals surface area (Å²) in [5.41, 5.74) is -0.932. The highest BCUT2D eigenvalue weighted by Gasteiger charge is 2.40. The van der Waals surface area contributed by atoms with E-state index in [-0.39, 0.29) is 17.7 Å². The van der Waals surface area contributed by atoms with Crippen molar-refractivity contribution in [2.75, 3.05) is 6.61 Å². The summed E-state index contributed by atoms with van der Waals surface area (Å²) in [5, 5.41) is 0. The van der Waals surface area contributed by atoms with Crippen molar-refractivity contribution in [2.45, 2.75) is 42.4 Å². The van der Waals surface area contributed by atoms with E-state index in [1.165, 1.54) is 24.3 Å². The van der Waals surface area contributed by atoms with Crippen LogP contribution in [-0.4, -0.2) is 44.1 Å². The lowest BCUT2D eigenvalue weighted by atomic mass is 9.83. The van der Waals surface area contributed by atoms with E-state index in [1.54, 1.807) is 0 Å². The second kappa shape index (κ2) is 8.50. The summed E-state index contributed by atoms with van der Waals surface area (Å²) >= 11 is 0. The maximum absolute atomic E-state index is 13.1. The quantitative estimate of drug-likeness (QED) is 0.375. The summed E-state index contributed by atoms with van der Waals surface area (Å²) in [7, 11) is -10.5. The van der Waals surface area contributed by atoms with Gasteiger partial charge in [0.05, 0.1) is 12.2 Å². The van der Waals surface area contributed by atoms with Gasteiger partial charge in [0.1, 0.15) is 4.90 Å². The average molecular weight is 469 g/mol. The van der Waals surface area contributed by atoms with Crippen LogP contribution in [0.2, 0.25) is 0 Å². The largest absolute Gasteiger partial charge is 0.491 e. The molecule has 0 aromatic heterocycles. The number of ketones is 2. The first kappa shape index (κ1) is 23.1. The summed E-state index contributed by atoms with van der Waals surface area (Å²) in [5.74, 6) is -2.27. The first-order valence-corrected chi connectivity index (χ1v) is 12.3. The Bertz CT molecular complexity index is 1280. The van der Waals surface area contributed by atoms with Gasteiger partial charge in [-0.15, -0.1) is 0 Å². The Hall–Kier alpha value is -2.60. The molecule has 0 fully saturated rings. The first-order chi connectivity index (χ1) is 14.5. The van der Waals surface area contributed by atoms with Gasteiger partial charge in [0.15, 0.2) is 22.2 Å². The zero-order chi connectivity index (χ0) is 23.0. The number of carbonyl (C=O) groups excluding carboxylic acids is 2. The molecule has 9 nitrogen and oxygen atoms in total. The summed E-state index contributed by atoms with van der Waals surface area (Å²) in [6.45, 7) is 1.87. The Labute approximate surface area is 179 Å². The molecule has 0 radical (unpaired) electrons. The minimum Gasteiger partial charge on any atom is -0.491 e. The van der Waals surface area contributed by atoms with Gasteiger partial charge in [0, 0.05) is 16.7 Å². The molecule has 3 rings (SSSR count). The molecular weight excluding hydrogens is 448 g/mol. The third-order valence-electron chi connectivity index (χ3n) is 4.87. The molecule has 0 saturated carbocycles. The summed E-state index contributed by atoms with van der Waals surface area (Å²) in [4.78, 5) is 23.6. The zero-order valence-corrected chi connectivity index (χ0v) is 18.1. The predicted octanol–water partition coefficient (Wildman–Crippen LogP) is 2.91. The molecule has 2 aromatic carbocycles. The number of hydrogen-bond donors (Lipinski definition) is 2. The smallest absolute Gasteiger partial charge is 0.299 e. The van der Waals surface area contributed by atoms with Crippen molar-refractivity contribution in [3.05, 3.63) is 52.6 Å². The summed E-state index contributed by atoms with van der Waals surface area (Å²) in [6, 6.07) is 6.34. The molecule has 0 heterocycles. The van der Waals surface area contributed by atoms with Gasteiger partial charge in [-0.2, -0.15) is 16.8 Å². The molecule has 0 unspecified atom stereocenters. The van der Waals surface area contributed by atoms with Crippen LogP contribution in [-0.2, 0) is 20.2 Å². The van der Waals surface area contributed by atoms with Gasteiger partial charge in [-0.3, -0.25) is 18.7 Å². The number of hydrogen-bond acceptors (Lipinski definition) is 7. The second-order valence-corrected chi connectivity index (χ2v) is 9.77. The molecule has 11 heteroatoms. The van der Waals surface area contributed by atoms with Gasteiger partial charge in [-0.05, 0) is 12.5 Å².